The second-order valence-corrected chi connectivity index (χ2v) is 4.59. The van der Waals surface area contributed by atoms with Crippen LogP contribution >= 0.6 is 0 Å². The first kappa shape index (κ1) is 13.4. The van der Waals surface area contributed by atoms with Crippen molar-refractivity contribution in [3.63, 3.8) is 0 Å². The van der Waals surface area contributed by atoms with E-state index in [1.165, 1.54) is 12.8 Å². The van der Waals surface area contributed by atoms with Gasteiger partial charge in [-0.25, -0.2) is 0 Å². The Morgan fingerprint density at radius 3 is 2.95 bits per heavy atom. The van der Waals surface area contributed by atoms with E-state index in [0.29, 0.717) is 17.8 Å². The normalized spacial score (nSPS) is 14.9. The van der Waals surface area contributed by atoms with Crippen molar-refractivity contribution in [2.24, 2.45) is 5.11 Å². The molecule has 0 saturated carbocycles. The summed E-state index contributed by atoms with van der Waals surface area (Å²) in [6.45, 7) is 3.00. The molecular formula is C13H17N5O. The molecule has 0 aliphatic carbocycles. The summed E-state index contributed by atoms with van der Waals surface area (Å²) in [6, 6.07) is 6.89. The summed E-state index contributed by atoms with van der Waals surface area (Å²) in [7, 11) is 0. The van der Waals surface area contributed by atoms with Gasteiger partial charge in [0.25, 0.3) is 0 Å². The van der Waals surface area contributed by atoms with Crippen LogP contribution in [0.3, 0.4) is 0 Å². The van der Waals surface area contributed by atoms with Gasteiger partial charge in [-0.15, -0.1) is 0 Å². The smallest absolute Gasteiger partial charge is 0.225 e. The van der Waals surface area contributed by atoms with Crippen LogP contribution in [-0.2, 0) is 4.79 Å². The average molecular weight is 259 g/mol. The van der Waals surface area contributed by atoms with Gasteiger partial charge in [0, 0.05) is 29.3 Å². The third-order valence-electron chi connectivity index (χ3n) is 3.14. The van der Waals surface area contributed by atoms with Gasteiger partial charge in [-0.1, -0.05) is 17.2 Å². The van der Waals surface area contributed by atoms with E-state index in [1.807, 2.05) is 0 Å². The molecule has 2 rings (SSSR count). The molecule has 100 valence electrons. The quantitative estimate of drug-likeness (QED) is 0.501. The second-order valence-electron chi connectivity index (χ2n) is 4.59. The first-order valence-corrected chi connectivity index (χ1v) is 6.45. The van der Waals surface area contributed by atoms with Crippen LogP contribution in [0.15, 0.2) is 29.4 Å². The van der Waals surface area contributed by atoms with Crippen LogP contribution in [0.1, 0.15) is 19.3 Å². The number of carbonyl (C=O) groups excluding carboxylic acids is 1. The SMILES string of the molecule is [N-]=[N+]=Nc1cccc(NC(=O)CCN2CCCC2)c1. The molecule has 1 fully saturated rings. The van der Waals surface area contributed by atoms with E-state index in [1.54, 1.807) is 24.3 Å². The molecule has 0 atom stereocenters. The number of likely N-dealkylation sites (tertiary alicyclic amines) is 1. The Bertz CT molecular complexity index is 490. The Morgan fingerprint density at radius 2 is 2.21 bits per heavy atom. The summed E-state index contributed by atoms with van der Waals surface area (Å²) in [5, 5.41) is 6.32. The van der Waals surface area contributed by atoms with E-state index in [0.717, 1.165) is 19.6 Å². The van der Waals surface area contributed by atoms with Gasteiger partial charge in [0.2, 0.25) is 5.91 Å². The van der Waals surface area contributed by atoms with Crippen molar-refractivity contribution in [1.82, 2.24) is 4.90 Å². The zero-order valence-corrected chi connectivity index (χ0v) is 10.7. The summed E-state index contributed by atoms with van der Waals surface area (Å²) in [5.41, 5.74) is 9.53. The number of azide groups is 1. The summed E-state index contributed by atoms with van der Waals surface area (Å²) >= 11 is 0. The molecule has 1 heterocycles. The highest BCUT2D eigenvalue weighted by Gasteiger charge is 2.12. The van der Waals surface area contributed by atoms with Gasteiger partial charge in [-0.2, -0.15) is 0 Å². The third kappa shape index (κ3) is 4.28. The minimum atomic E-state index is -0.00927. The number of hydrogen-bond acceptors (Lipinski definition) is 3. The number of amides is 1. The fourth-order valence-corrected chi connectivity index (χ4v) is 2.19. The zero-order valence-electron chi connectivity index (χ0n) is 10.7. The van der Waals surface area contributed by atoms with Crippen LogP contribution in [0.4, 0.5) is 11.4 Å². The number of nitrogens with one attached hydrogen (secondary N) is 1. The number of carbonyl (C=O) groups is 1. The lowest BCUT2D eigenvalue weighted by molar-refractivity contribution is -0.116. The van der Waals surface area contributed by atoms with Crippen molar-refractivity contribution in [3.05, 3.63) is 34.7 Å². The topological polar surface area (TPSA) is 81.1 Å². The second kappa shape index (κ2) is 6.78. The number of rotatable bonds is 5. The Morgan fingerprint density at radius 1 is 1.42 bits per heavy atom. The highest BCUT2D eigenvalue weighted by molar-refractivity contribution is 5.91. The molecule has 6 heteroatoms. The van der Waals surface area contributed by atoms with Crippen molar-refractivity contribution in [2.45, 2.75) is 19.3 Å². The molecule has 1 aromatic rings. The largest absolute Gasteiger partial charge is 0.326 e. The van der Waals surface area contributed by atoms with Crippen LogP contribution in [0.2, 0.25) is 0 Å². The highest BCUT2D eigenvalue weighted by Crippen LogP contribution is 2.18. The number of nitrogens with zero attached hydrogens (tertiary/aromatic N) is 4. The molecule has 0 aromatic heterocycles. The van der Waals surface area contributed by atoms with Crippen molar-refractivity contribution >= 4 is 17.3 Å². The zero-order chi connectivity index (χ0) is 13.5. The molecule has 0 bridgehead atoms. The van der Waals surface area contributed by atoms with E-state index in [9.17, 15) is 4.79 Å². The van der Waals surface area contributed by atoms with Gasteiger partial charge in [-0.05, 0) is 43.6 Å². The van der Waals surface area contributed by atoms with Crippen LogP contribution in [-0.4, -0.2) is 30.4 Å². The van der Waals surface area contributed by atoms with Crippen molar-refractivity contribution in [3.8, 4) is 0 Å². The van der Waals surface area contributed by atoms with Gasteiger partial charge >= 0.3 is 0 Å². The van der Waals surface area contributed by atoms with E-state index < -0.39 is 0 Å². The first-order chi connectivity index (χ1) is 9.28. The fraction of sp³-hybridized carbons (Fsp3) is 0.462. The molecule has 1 aliphatic heterocycles. The Hall–Kier alpha value is -2.04. The van der Waals surface area contributed by atoms with Crippen LogP contribution in [0.5, 0.6) is 0 Å². The lowest BCUT2D eigenvalue weighted by atomic mass is 10.2. The van der Waals surface area contributed by atoms with Crippen LogP contribution in [0, 0.1) is 0 Å². The lowest BCUT2D eigenvalue weighted by Crippen LogP contribution is -2.25. The maximum Gasteiger partial charge on any atom is 0.225 e. The predicted octanol–water partition coefficient (Wildman–Crippen LogP) is 3.05. The average Bonchev–Trinajstić information content (AvgIpc) is 2.90. The van der Waals surface area contributed by atoms with E-state index in [2.05, 4.69) is 20.2 Å². The first-order valence-electron chi connectivity index (χ1n) is 6.45. The summed E-state index contributed by atoms with van der Waals surface area (Å²) in [5.74, 6) is -0.00927. The Kier molecular flexibility index (Phi) is 4.78. The molecule has 6 nitrogen and oxygen atoms in total. The minimum absolute atomic E-state index is 0.00927. The number of benzene rings is 1. The molecule has 1 aliphatic rings. The molecule has 0 spiro atoms. The molecule has 1 amide bonds. The van der Waals surface area contributed by atoms with E-state index >= 15 is 0 Å². The summed E-state index contributed by atoms with van der Waals surface area (Å²) in [4.78, 5) is 16.8. The van der Waals surface area contributed by atoms with Crippen LogP contribution in [0.25, 0.3) is 10.4 Å². The standard InChI is InChI=1S/C13H17N5O/c14-17-16-12-5-3-4-11(10-12)15-13(19)6-9-18-7-1-2-8-18/h3-5,10H,1-2,6-9H2,(H,15,19). The van der Waals surface area contributed by atoms with Crippen molar-refractivity contribution in [1.29, 1.82) is 0 Å². The maximum atomic E-state index is 11.8. The highest BCUT2D eigenvalue weighted by atomic mass is 16.1. The predicted molar refractivity (Wildman–Crippen MR) is 74.2 cm³/mol. The van der Waals surface area contributed by atoms with Crippen LogP contribution < -0.4 is 5.32 Å². The van der Waals surface area contributed by atoms with E-state index in [-0.39, 0.29) is 5.91 Å². The lowest BCUT2D eigenvalue weighted by Gasteiger charge is -2.14. The third-order valence-corrected chi connectivity index (χ3v) is 3.14. The van der Waals surface area contributed by atoms with Gasteiger partial charge in [0.05, 0.1) is 0 Å². The Labute approximate surface area is 112 Å². The molecule has 19 heavy (non-hydrogen) atoms. The molecular weight excluding hydrogens is 242 g/mol. The molecule has 1 aromatic carbocycles. The monoisotopic (exact) mass is 259 g/mol. The van der Waals surface area contributed by atoms with Gasteiger partial charge in [-0.3, -0.25) is 4.79 Å². The molecule has 0 unspecified atom stereocenters. The summed E-state index contributed by atoms with van der Waals surface area (Å²) in [6.07, 6.45) is 2.96. The van der Waals surface area contributed by atoms with Gasteiger partial charge in [0.1, 0.15) is 0 Å². The number of anilines is 1. The van der Waals surface area contributed by atoms with Crippen molar-refractivity contribution < 1.29 is 4.79 Å². The maximum absolute atomic E-state index is 11.8. The molecule has 1 N–H and O–H groups in total. The minimum Gasteiger partial charge on any atom is -0.326 e. The number of hydrogen-bond donors (Lipinski definition) is 1. The molecule has 1 saturated heterocycles. The summed E-state index contributed by atoms with van der Waals surface area (Å²) < 4.78 is 0. The Balaban J connectivity index is 1.83. The van der Waals surface area contributed by atoms with E-state index in [4.69, 9.17) is 5.53 Å². The van der Waals surface area contributed by atoms with Gasteiger partial charge in [0.15, 0.2) is 0 Å². The van der Waals surface area contributed by atoms with Gasteiger partial charge < -0.3 is 10.2 Å². The van der Waals surface area contributed by atoms with Crippen molar-refractivity contribution in [2.75, 3.05) is 25.0 Å². The fourth-order valence-electron chi connectivity index (χ4n) is 2.19. The molecule has 0 radical (unpaired) electrons.